The Morgan fingerprint density at radius 2 is 2.37 bits per heavy atom. The van der Waals surface area contributed by atoms with Gasteiger partial charge in [0.05, 0.1) is 12.8 Å². The fourth-order valence-corrected chi connectivity index (χ4v) is 2.39. The summed E-state index contributed by atoms with van der Waals surface area (Å²) < 4.78 is 6.77. The first-order valence-electron chi connectivity index (χ1n) is 6.06. The number of nitrogens with zero attached hydrogens (tertiary/aromatic N) is 3. The number of aromatic amines is 1. The molecule has 2 aromatic rings. The molecule has 0 bridgehead atoms. The van der Waals surface area contributed by atoms with Gasteiger partial charge >= 0.3 is 5.69 Å². The Balaban J connectivity index is 1.91. The maximum absolute atomic E-state index is 11.8. The average Bonchev–Trinajstić information content (AvgIpc) is 3.06. The molecule has 1 aliphatic heterocycles. The molecule has 0 aromatic carbocycles. The van der Waals surface area contributed by atoms with E-state index in [9.17, 15) is 9.59 Å². The molecule has 3 heterocycles. The number of hydrogen-bond acceptors (Lipinski definition) is 4. The molecule has 0 unspecified atom stereocenters. The zero-order valence-electron chi connectivity index (χ0n) is 10.5. The van der Waals surface area contributed by atoms with Gasteiger partial charge in [-0.05, 0) is 12.1 Å². The normalized spacial score (nSPS) is 19.3. The van der Waals surface area contributed by atoms with Crippen molar-refractivity contribution in [1.82, 2.24) is 19.7 Å². The second-order valence-corrected chi connectivity index (χ2v) is 4.73. The Morgan fingerprint density at radius 3 is 3.00 bits per heavy atom. The summed E-state index contributed by atoms with van der Waals surface area (Å²) in [5.74, 6) is 1.32. The van der Waals surface area contributed by atoms with Crippen LogP contribution in [0.1, 0.15) is 23.9 Å². The third-order valence-corrected chi connectivity index (χ3v) is 3.39. The minimum absolute atomic E-state index is 0.0496. The van der Waals surface area contributed by atoms with Gasteiger partial charge in [-0.1, -0.05) is 0 Å². The summed E-state index contributed by atoms with van der Waals surface area (Å²) in [5, 5.41) is 6.49. The highest BCUT2D eigenvalue weighted by Crippen LogP contribution is 2.25. The van der Waals surface area contributed by atoms with E-state index in [1.807, 2.05) is 0 Å². The first-order chi connectivity index (χ1) is 9.15. The van der Waals surface area contributed by atoms with Crippen molar-refractivity contribution in [2.24, 2.45) is 0 Å². The molecule has 19 heavy (non-hydrogen) atoms. The van der Waals surface area contributed by atoms with E-state index >= 15 is 0 Å². The summed E-state index contributed by atoms with van der Waals surface area (Å²) in [6, 6.07) is 3.57. The van der Waals surface area contributed by atoms with Gasteiger partial charge in [0, 0.05) is 25.9 Å². The van der Waals surface area contributed by atoms with E-state index in [0.29, 0.717) is 31.1 Å². The lowest BCUT2D eigenvalue weighted by Crippen LogP contribution is -2.22. The molecule has 7 heteroatoms. The maximum atomic E-state index is 11.8. The highest BCUT2D eigenvalue weighted by atomic mass is 16.3. The summed E-state index contributed by atoms with van der Waals surface area (Å²) >= 11 is 0. The van der Waals surface area contributed by atoms with Gasteiger partial charge in [-0.15, -0.1) is 0 Å². The molecule has 2 aromatic heterocycles. The number of amides is 1. The van der Waals surface area contributed by atoms with Crippen LogP contribution in [0.25, 0.3) is 0 Å². The van der Waals surface area contributed by atoms with Crippen LogP contribution in [-0.2, 0) is 11.3 Å². The van der Waals surface area contributed by atoms with Gasteiger partial charge in [-0.3, -0.25) is 9.36 Å². The second-order valence-electron chi connectivity index (χ2n) is 4.73. The number of aromatic nitrogens is 3. The van der Waals surface area contributed by atoms with Gasteiger partial charge in [0.2, 0.25) is 5.91 Å². The lowest BCUT2D eigenvalue weighted by Gasteiger charge is -2.10. The average molecular weight is 262 g/mol. The number of hydrogen-bond donors (Lipinski definition) is 1. The van der Waals surface area contributed by atoms with Crippen molar-refractivity contribution in [1.29, 1.82) is 0 Å². The van der Waals surface area contributed by atoms with Crippen LogP contribution >= 0.6 is 0 Å². The lowest BCUT2D eigenvalue weighted by molar-refractivity contribution is -0.126. The molecule has 0 spiro atoms. The van der Waals surface area contributed by atoms with Crippen LogP contribution in [0.15, 0.2) is 27.6 Å². The van der Waals surface area contributed by atoms with E-state index in [-0.39, 0.29) is 17.5 Å². The fourth-order valence-electron chi connectivity index (χ4n) is 2.39. The minimum atomic E-state index is -0.284. The highest BCUT2D eigenvalue weighted by Gasteiger charge is 2.32. The van der Waals surface area contributed by atoms with Gasteiger partial charge in [0.25, 0.3) is 0 Å². The molecule has 7 nitrogen and oxygen atoms in total. The van der Waals surface area contributed by atoms with Crippen molar-refractivity contribution in [2.75, 3.05) is 13.6 Å². The van der Waals surface area contributed by atoms with Gasteiger partial charge in [-0.2, -0.15) is 5.10 Å². The summed E-state index contributed by atoms with van der Waals surface area (Å²) in [6.45, 7) is 0.910. The van der Waals surface area contributed by atoms with E-state index in [1.165, 1.54) is 4.57 Å². The van der Waals surface area contributed by atoms with Gasteiger partial charge < -0.3 is 9.32 Å². The second kappa shape index (κ2) is 4.42. The standard InChI is InChI=1S/C12H14N4O3/c1-15-6-8(5-10(15)17)11-13-14-12(18)16(11)7-9-3-2-4-19-9/h2-4,8H,5-7H2,1H3,(H,14,18)/t8-/m1/s1. The van der Waals surface area contributed by atoms with Crippen molar-refractivity contribution in [3.8, 4) is 0 Å². The number of furan rings is 1. The Labute approximate surface area is 108 Å². The fraction of sp³-hybridized carbons (Fsp3) is 0.417. The van der Waals surface area contributed by atoms with Crippen LogP contribution in [0.4, 0.5) is 0 Å². The Bertz CT molecular complexity index is 640. The van der Waals surface area contributed by atoms with E-state index in [0.717, 1.165) is 0 Å². The van der Waals surface area contributed by atoms with Gasteiger partial charge in [0.15, 0.2) is 0 Å². The number of carbonyl (C=O) groups excluding carboxylic acids is 1. The predicted molar refractivity (Wildman–Crippen MR) is 65.7 cm³/mol. The number of likely N-dealkylation sites (N-methyl/N-ethyl adjacent to an activating group) is 1. The molecule has 1 N–H and O–H groups in total. The first kappa shape index (κ1) is 11.8. The van der Waals surface area contributed by atoms with Crippen LogP contribution in [0.3, 0.4) is 0 Å². The molecular formula is C12H14N4O3. The molecule has 3 rings (SSSR count). The number of carbonyl (C=O) groups is 1. The molecule has 0 saturated carbocycles. The molecular weight excluding hydrogens is 248 g/mol. The molecule has 1 fully saturated rings. The summed E-state index contributed by atoms with van der Waals surface area (Å²) in [5.41, 5.74) is -0.284. The summed E-state index contributed by atoms with van der Waals surface area (Å²) in [7, 11) is 1.75. The largest absolute Gasteiger partial charge is 0.467 e. The van der Waals surface area contributed by atoms with Gasteiger partial charge in [-0.25, -0.2) is 9.89 Å². The topological polar surface area (TPSA) is 84.1 Å². The Hall–Kier alpha value is -2.31. The first-order valence-corrected chi connectivity index (χ1v) is 6.06. The van der Waals surface area contributed by atoms with Crippen LogP contribution in [-0.4, -0.2) is 39.2 Å². The maximum Gasteiger partial charge on any atom is 0.343 e. The molecule has 1 aliphatic rings. The highest BCUT2D eigenvalue weighted by molar-refractivity contribution is 5.79. The number of H-pyrrole nitrogens is 1. The summed E-state index contributed by atoms with van der Waals surface area (Å²) in [4.78, 5) is 25.0. The monoisotopic (exact) mass is 262 g/mol. The van der Waals surface area contributed by atoms with E-state index < -0.39 is 0 Å². The van der Waals surface area contributed by atoms with E-state index in [2.05, 4.69) is 10.2 Å². The van der Waals surface area contributed by atoms with Crippen molar-refractivity contribution in [2.45, 2.75) is 18.9 Å². The number of rotatable bonds is 3. The zero-order valence-corrected chi connectivity index (χ0v) is 10.5. The van der Waals surface area contributed by atoms with Crippen molar-refractivity contribution >= 4 is 5.91 Å². The van der Waals surface area contributed by atoms with Crippen LogP contribution in [0.2, 0.25) is 0 Å². The smallest absolute Gasteiger partial charge is 0.343 e. The third kappa shape index (κ3) is 2.07. The molecule has 1 amide bonds. The Morgan fingerprint density at radius 1 is 1.53 bits per heavy atom. The predicted octanol–water partition coefficient (Wildman–Crippen LogP) is 0.158. The zero-order chi connectivity index (χ0) is 13.4. The SMILES string of the molecule is CN1C[C@H](c2n[nH]c(=O)n2Cc2ccco2)CC1=O. The minimum Gasteiger partial charge on any atom is -0.467 e. The quantitative estimate of drug-likeness (QED) is 0.853. The molecule has 100 valence electrons. The molecule has 1 atom stereocenters. The molecule has 0 aliphatic carbocycles. The number of nitrogens with one attached hydrogen (secondary N) is 1. The van der Waals surface area contributed by atoms with Crippen molar-refractivity contribution in [3.63, 3.8) is 0 Å². The van der Waals surface area contributed by atoms with E-state index in [4.69, 9.17) is 4.42 Å². The van der Waals surface area contributed by atoms with Crippen LogP contribution in [0.5, 0.6) is 0 Å². The third-order valence-electron chi connectivity index (χ3n) is 3.39. The van der Waals surface area contributed by atoms with Gasteiger partial charge in [0.1, 0.15) is 11.6 Å². The lowest BCUT2D eigenvalue weighted by atomic mass is 10.1. The Kier molecular flexibility index (Phi) is 2.73. The van der Waals surface area contributed by atoms with Crippen molar-refractivity contribution in [3.05, 3.63) is 40.5 Å². The molecule has 0 radical (unpaired) electrons. The number of likely N-dealkylation sites (tertiary alicyclic amines) is 1. The van der Waals surface area contributed by atoms with Crippen molar-refractivity contribution < 1.29 is 9.21 Å². The summed E-state index contributed by atoms with van der Waals surface area (Å²) in [6.07, 6.45) is 1.95. The van der Waals surface area contributed by atoms with E-state index in [1.54, 1.807) is 30.3 Å². The van der Waals surface area contributed by atoms with Crippen LogP contribution in [0, 0.1) is 0 Å². The van der Waals surface area contributed by atoms with Crippen LogP contribution < -0.4 is 5.69 Å². The molecule has 1 saturated heterocycles.